The first-order chi connectivity index (χ1) is 10.8. The number of rotatable bonds is 3. The molecule has 1 unspecified atom stereocenters. The van der Waals surface area contributed by atoms with Crippen LogP contribution in [0.1, 0.15) is 16.2 Å². The molecule has 23 heavy (non-hydrogen) atoms. The summed E-state index contributed by atoms with van der Waals surface area (Å²) in [5, 5.41) is 8.25. The Morgan fingerprint density at radius 2 is 2.00 bits per heavy atom. The molecule has 10 heteroatoms. The number of hydrogen-bond donors (Lipinski definition) is 2. The minimum absolute atomic E-state index is 0.234. The Bertz CT molecular complexity index is 755. The number of benzene rings is 1. The van der Waals surface area contributed by atoms with Crippen molar-refractivity contribution in [3.8, 4) is 11.4 Å². The van der Waals surface area contributed by atoms with Crippen LogP contribution in [0.2, 0.25) is 0 Å². The zero-order chi connectivity index (χ0) is 16.6. The summed E-state index contributed by atoms with van der Waals surface area (Å²) in [5.41, 5.74) is 0.523. The van der Waals surface area contributed by atoms with Gasteiger partial charge in [-0.1, -0.05) is 17.3 Å². The van der Waals surface area contributed by atoms with E-state index in [0.717, 1.165) is 0 Å². The first-order valence-electron chi connectivity index (χ1n) is 6.44. The summed E-state index contributed by atoms with van der Waals surface area (Å²) in [5.74, 6) is -2.39. The van der Waals surface area contributed by atoms with Gasteiger partial charge < -0.3 is 15.2 Å². The number of carbonyl (C=O) groups excluding carboxylic acids is 2. The van der Waals surface area contributed by atoms with Crippen LogP contribution < -0.4 is 10.6 Å². The standard InChI is InChI=1S/C13H9F3N4O3/c14-13(15,16)12-19-9(20-23-12)6-1-3-7(4-2-6)10(21)18-8-5-17-11(8)22/h1-4,8H,5H2,(H,17,22)(H,18,21). The number of aromatic nitrogens is 2. The second kappa shape index (κ2) is 5.38. The van der Waals surface area contributed by atoms with Crippen molar-refractivity contribution in [3.05, 3.63) is 35.7 Å². The van der Waals surface area contributed by atoms with Crippen LogP contribution >= 0.6 is 0 Å². The van der Waals surface area contributed by atoms with Crippen LogP contribution in [0.25, 0.3) is 11.4 Å². The molecule has 120 valence electrons. The minimum atomic E-state index is -4.71. The Kier molecular flexibility index (Phi) is 3.51. The third kappa shape index (κ3) is 3.00. The van der Waals surface area contributed by atoms with Gasteiger partial charge in [-0.3, -0.25) is 9.59 Å². The molecule has 0 radical (unpaired) electrons. The maximum absolute atomic E-state index is 12.4. The van der Waals surface area contributed by atoms with E-state index in [1.165, 1.54) is 24.3 Å². The van der Waals surface area contributed by atoms with Gasteiger partial charge in [-0.25, -0.2) is 0 Å². The fourth-order valence-electron chi connectivity index (χ4n) is 1.87. The minimum Gasteiger partial charge on any atom is -0.352 e. The van der Waals surface area contributed by atoms with E-state index in [-0.39, 0.29) is 22.9 Å². The normalized spacial score (nSPS) is 17.3. The molecule has 0 spiro atoms. The highest BCUT2D eigenvalue weighted by Gasteiger charge is 2.38. The lowest BCUT2D eigenvalue weighted by molar-refractivity contribution is -0.159. The van der Waals surface area contributed by atoms with Crippen molar-refractivity contribution in [3.63, 3.8) is 0 Å². The Morgan fingerprint density at radius 1 is 1.30 bits per heavy atom. The molecule has 2 N–H and O–H groups in total. The quantitative estimate of drug-likeness (QED) is 0.820. The molecule has 1 aliphatic heterocycles. The van der Waals surface area contributed by atoms with Crippen molar-refractivity contribution in [2.75, 3.05) is 6.54 Å². The molecule has 1 fully saturated rings. The molecule has 3 rings (SSSR count). The summed E-state index contributed by atoms with van der Waals surface area (Å²) in [6, 6.07) is 5.01. The number of halogens is 3. The third-order valence-electron chi connectivity index (χ3n) is 3.18. The van der Waals surface area contributed by atoms with Gasteiger partial charge >= 0.3 is 12.1 Å². The molecule has 1 aromatic heterocycles. The van der Waals surface area contributed by atoms with Crippen LogP contribution in [0.5, 0.6) is 0 Å². The predicted octanol–water partition coefficient (Wildman–Crippen LogP) is 0.984. The number of nitrogens with one attached hydrogen (secondary N) is 2. The Hall–Kier alpha value is -2.91. The Balaban J connectivity index is 1.73. The maximum atomic E-state index is 12.4. The molecule has 7 nitrogen and oxygen atoms in total. The van der Waals surface area contributed by atoms with Gasteiger partial charge in [0.1, 0.15) is 6.04 Å². The van der Waals surface area contributed by atoms with Gasteiger partial charge in [0.15, 0.2) is 0 Å². The molecular formula is C13H9F3N4O3. The van der Waals surface area contributed by atoms with Crippen LogP contribution in [0.15, 0.2) is 28.8 Å². The Labute approximate surface area is 126 Å². The molecule has 1 saturated heterocycles. The first kappa shape index (κ1) is 15.0. The first-order valence-corrected chi connectivity index (χ1v) is 6.44. The number of alkyl halides is 3. The summed E-state index contributed by atoms with van der Waals surface area (Å²) in [7, 11) is 0. The van der Waals surface area contributed by atoms with Crippen LogP contribution in [-0.2, 0) is 11.0 Å². The van der Waals surface area contributed by atoms with Gasteiger partial charge in [0.25, 0.3) is 5.91 Å². The number of amides is 2. The van der Waals surface area contributed by atoms with Crippen molar-refractivity contribution in [1.82, 2.24) is 20.8 Å². The molecule has 1 aliphatic rings. The highest BCUT2D eigenvalue weighted by Crippen LogP contribution is 2.29. The van der Waals surface area contributed by atoms with Crippen molar-refractivity contribution in [2.45, 2.75) is 12.2 Å². The van der Waals surface area contributed by atoms with Gasteiger partial charge in [0, 0.05) is 17.7 Å². The van der Waals surface area contributed by atoms with E-state index in [2.05, 4.69) is 25.3 Å². The molecule has 2 amide bonds. The molecule has 2 heterocycles. The highest BCUT2D eigenvalue weighted by atomic mass is 19.4. The second-order valence-corrected chi connectivity index (χ2v) is 4.77. The monoisotopic (exact) mass is 326 g/mol. The second-order valence-electron chi connectivity index (χ2n) is 4.77. The van der Waals surface area contributed by atoms with Gasteiger partial charge in [-0.05, 0) is 12.1 Å². The predicted molar refractivity (Wildman–Crippen MR) is 69.0 cm³/mol. The van der Waals surface area contributed by atoms with Gasteiger partial charge in [-0.2, -0.15) is 18.2 Å². The van der Waals surface area contributed by atoms with E-state index in [9.17, 15) is 22.8 Å². The topological polar surface area (TPSA) is 97.1 Å². The fraction of sp³-hybridized carbons (Fsp3) is 0.231. The van der Waals surface area contributed by atoms with E-state index < -0.39 is 24.0 Å². The number of nitrogens with zero attached hydrogens (tertiary/aromatic N) is 2. The number of hydrogen-bond acceptors (Lipinski definition) is 5. The van der Waals surface area contributed by atoms with E-state index >= 15 is 0 Å². The van der Waals surface area contributed by atoms with Crippen LogP contribution in [0, 0.1) is 0 Å². The van der Waals surface area contributed by atoms with Crippen molar-refractivity contribution in [2.24, 2.45) is 0 Å². The SMILES string of the molecule is O=C(NC1CNC1=O)c1ccc(-c2noc(C(F)(F)F)n2)cc1. The van der Waals surface area contributed by atoms with E-state index in [4.69, 9.17) is 0 Å². The molecule has 0 aliphatic carbocycles. The largest absolute Gasteiger partial charge is 0.471 e. The molecule has 0 saturated carbocycles. The number of β-lactam (4-membered cyclic amide) rings is 1. The molecule has 2 aromatic rings. The summed E-state index contributed by atoms with van der Waals surface area (Å²) in [6.07, 6.45) is -4.71. The van der Waals surface area contributed by atoms with E-state index in [0.29, 0.717) is 6.54 Å². The summed E-state index contributed by atoms with van der Waals surface area (Å²) in [6.45, 7) is 0.367. The molecular weight excluding hydrogens is 317 g/mol. The zero-order valence-corrected chi connectivity index (χ0v) is 11.3. The van der Waals surface area contributed by atoms with Crippen LogP contribution in [-0.4, -0.2) is 34.5 Å². The van der Waals surface area contributed by atoms with Crippen molar-refractivity contribution >= 4 is 11.8 Å². The van der Waals surface area contributed by atoms with Gasteiger partial charge in [0.2, 0.25) is 11.7 Å². The van der Waals surface area contributed by atoms with Gasteiger partial charge in [0.05, 0.1) is 0 Å². The lowest BCUT2D eigenvalue weighted by Crippen LogP contribution is -2.61. The third-order valence-corrected chi connectivity index (χ3v) is 3.18. The molecule has 0 bridgehead atoms. The molecule has 1 aromatic carbocycles. The lowest BCUT2D eigenvalue weighted by atomic mass is 10.1. The summed E-state index contributed by atoms with van der Waals surface area (Å²) < 4.78 is 41.3. The maximum Gasteiger partial charge on any atom is 0.471 e. The summed E-state index contributed by atoms with van der Waals surface area (Å²) >= 11 is 0. The fourth-order valence-corrected chi connectivity index (χ4v) is 1.87. The van der Waals surface area contributed by atoms with Crippen LogP contribution in [0.3, 0.4) is 0 Å². The van der Waals surface area contributed by atoms with Crippen LogP contribution in [0.4, 0.5) is 13.2 Å². The van der Waals surface area contributed by atoms with E-state index in [1.54, 1.807) is 0 Å². The average Bonchev–Trinajstić information content (AvgIpc) is 3.01. The highest BCUT2D eigenvalue weighted by molar-refractivity contribution is 5.99. The average molecular weight is 326 g/mol. The smallest absolute Gasteiger partial charge is 0.352 e. The van der Waals surface area contributed by atoms with Crippen molar-refractivity contribution in [1.29, 1.82) is 0 Å². The number of carbonyl (C=O) groups is 2. The molecule has 1 atom stereocenters. The zero-order valence-electron chi connectivity index (χ0n) is 11.3. The lowest BCUT2D eigenvalue weighted by Gasteiger charge is -2.26. The summed E-state index contributed by atoms with van der Waals surface area (Å²) in [4.78, 5) is 26.2. The Morgan fingerprint density at radius 3 is 2.48 bits per heavy atom. The van der Waals surface area contributed by atoms with Crippen molar-refractivity contribution < 1.29 is 27.3 Å². The van der Waals surface area contributed by atoms with Gasteiger partial charge in [-0.15, -0.1) is 0 Å². The van der Waals surface area contributed by atoms with E-state index in [1.807, 2.05) is 0 Å².